The zero-order chi connectivity index (χ0) is 25.2. The molecule has 1 aromatic carbocycles. The van der Waals surface area contributed by atoms with Crippen LogP contribution in [0.1, 0.15) is 60.9 Å². The van der Waals surface area contributed by atoms with Gasteiger partial charge in [0.1, 0.15) is 12.1 Å². The van der Waals surface area contributed by atoms with Gasteiger partial charge >= 0.3 is 0 Å². The van der Waals surface area contributed by atoms with Crippen molar-refractivity contribution in [2.45, 2.75) is 50.2 Å². The molecule has 10 heteroatoms. The standard InChI is InChI=1S/C26H33Cl2N5O3/c1-16-12-22(34)24-23(16)25(31-15-30-24)32-6-8-33(9-7-32)26(35)19(14-29-18-4-10-36-11-5-18)17-2-3-20(27)21(28)13-17/h2-3,13,15-16,18-19,22,29,34H,4-12,14H2,1H3/t16-,19?,22+/m1/s1. The molecule has 1 aliphatic carbocycles. The monoisotopic (exact) mass is 533 g/mol. The third-order valence-corrected chi connectivity index (χ3v) is 8.38. The van der Waals surface area contributed by atoms with Crippen LogP contribution in [0.2, 0.25) is 10.0 Å². The highest BCUT2D eigenvalue weighted by molar-refractivity contribution is 6.42. The fraction of sp³-hybridized carbons (Fsp3) is 0.577. The summed E-state index contributed by atoms with van der Waals surface area (Å²) >= 11 is 12.5. The molecule has 0 bridgehead atoms. The molecule has 2 fully saturated rings. The SMILES string of the molecule is C[C@@H]1C[C@H](O)c2ncnc(N3CCN(C(=O)C(CNC4CCOCC4)c4ccc(Cl)c(Cl)c4)CC3)c21. The summed E-state index contributed by atoms with van der Waals surface area (Å²) in [7, 11) is 0. The highest BCUT2D eigenvalue weighted by atomic mass is 35.5. The molecule has 8 nitrogen and oxygen atoms in total. The Hall–Kier alpha value is -1.97. The molecule has 5 rings (SSSR count). The topological polar surface area (TPSA) is 90.8 Å². The third kappa shape index (κ3) is 5.34. The molecule has 1 unspecified atom stereocenters. The molecule has 2 N–H and O–H groups in total. The third-order valence-electron chi connectivity index (χ3n) is 7.65. The lowest BCUT2D eigenvalue weighted by molar-refractivity contribution is -0.133. The predicted octanol–water partition coefficient (Wildman–Crippen LogP) is 3.53. The van der Waals surface area contributed by atoms with Crippen LogP contribution in [0.4, 0.5) is 5.82 Å². The maximum absolute atomic E-state index is 13.8. The van der Waals surface area contributed by atoms with Gasteiger partial charge in [-0.25, -0.2) is 9.97 Å². The maximum atomic E-state index is 13.8. The average Bonchev–Trinajstić information content (AvgIpc) is 3.20. The van der Waals surface area contributed by atoms with Crippen molar-refractivity contribution < 1.29 is 14.6 Å². The van der Waals surface area contributed by atoms with Crippen molar-refractivity contribution in [2.75, 3.05) is 50.8 Å². The van der Waals surface area contributed by atoms with E-state index in [4.69, 9.17) is 27.9 Å². The minimum Gasteiger partial charge on any atom is -0.387 e. The quantitative estimate of drug-likeness (QED) is 0.586. The molecular weight excluding hydrogens is 501 g/mol. The molecule has 0 spiro atoms. The second-order valence-electron chi connectivity index (χ2n) is 9.98. The van der Waals surface area contributed by atoms with E-state index < -0.39 is 6.10 Å². The van der Waals surface area contributed by atoms with Crippen LogP contribution in [0.25, 0.3) is 0 Å². The van der Waals surface area contributed by atoms with Gasteiger partial charge in [-0.2, -0.15) is 0 Å². The van der Waals surface area contributed by atoms with Crippen LogP contribution in [0, 0.1) is 0 Å². The minimum absolute atomic E-state index is 0.0873. The Morgan fingerprint density at radius 2 is 1.92 bits per heavy atom. The van der Waals surface area contributed by atoms with E-state index in [0.29, 0.717) is 55.2 Å². The summed E-state index contributed by atoms with van der Waals surface area (Å²) in [6.45, 7) is 6.69. The van der Waals surface area contributed by atoms with E-state index in [2.05, 4.69) is 27.1 Å². The fourth-order valence-electron chi connectivity index (χ4n) is 5.58. The number of amides is 1. The molecule has 36 heavy (non-hydrogen) atoms. The van der Waals surface area contributed by atoms with Crippen LogP contribution >= 0.6 is 23.2 Å². The Balaban J connectivity index is 1.29. The number of carbonyl (C=O) groups is 1. The summed E-state index contributed by atoms with van der Waals surface area (Å²) in [6, 6.07) is 5.81. The number of hydrogen-bond acceptors (Lipinski definition) is 7. The molecule has 0 saturated carbocycles. The van der Waals surface area contributed by atoms with Gasteiger partial charge in [0.05, 0.1) is 27.8 Å². The summed E-state index contributed by atoms with van der Waals surface area (Å²) in [5, 5.41) is 14.9. The number of aliphatic hydroxyl groups excluding tert-OH is 1. The number of ether oxygens (including phenoxy) is 1. The molecule has 2 saturated heterocycles. The van der Waals surface area contributed by atoms with E-state index in [1.165, 1.54) is 6.33 Å². The van der Waals surface area contributed by atoms with Gasteiger partial charge in [-0.05, 0) is 42.9 Å². The number of aliphatic hydroxyl groups is 1. The lowest BCUT2D eigenvalue weighted by Crippen LogP contribution is -2.52. The van der Waals surface area contributed by atoms with Gasteiger partial charge in [0.25, 0.3) is 0 Å². The molecule has 0 radical (unpaired) electrons. The van der Waals surface area contributed by atoms with Crippen molar-refractivity contribution in [3.05, 3.63) is 51.4 Å². The highest BCUT2D eigenvalue weighted by Crippen LogP contribution is 2.42. The zero-order valence-corrected chi connectivity index (χ0v) is 22.0. The number of rotatable bonds is 6. The van der Waals surface area contributed by atoms with E-state index >= 15 is 0 Å². The van der Waals surface area contributed by atoms with E-state index in [1.807, 2.05) is 17.0 Å². The second-order valence-corrected chi connectivity index (χ2v) is 10.8. The molecular formula is C26H33Cl2N5O3. The minimum atomic E-state index is -0.533. The number of nitrogens with zero attached hydrogens (tertiary/aromatic N) is 4. The van der Waals surface area contributed by atoms with E-state index in [1.54, 1.807) is 6.07 Å². The number of benzene rings is 1. The number of anilines is 1. The lowest BCUT2D eigenvalue weighted by atomic mass is 9.96. The van der Waals surface area contributed by atoms with Gasteiger partial charge in [-0.15, -0.1) is 0 Å². The van der Waals surface area contributed by atoms with Crippen LogP contribution in [0.3, 0.4) is 0 Å². The largest absolute Gasteiger partial charge is 0.387 e. The van der Waals surface area contributed by atoms with Crippen molar-refractivity contribution in [1.29, 1.82) is 0 Å². The first-order valence-electron chi connectivity index (χ1n) is 12.7. The molecule has 3 atom stereocenters. The number of piperazine rings is 1. The van der Waals surface area contributed by atoms with Crippen LogP contribution in [0.15, 0.2) is 24.5 Å². The molecule has 3 aliphatic rings. The van der Waals surface area contributed by atoms with Crippen LogP contribution in [-0.4, -0.2) is 77.9 Å². The van der Waals surface area contributed by atoms with Crippen LogP contribution < -0.4 is 10.2 Å². The maximum Gasteiger partial charge on any atom is 0.231 e. The van der Waals surface area contributed by atoms with Gasteiger partial charge in [-0.3, -0.25) is 4.79 Å². The van der Waals surface area contributed by atoms with Gasteiger partial charge in [-0.1, -0.05) is 36.2 Å². The van der Waals surface area contributed by atoms with E-state index in [-0.39, 0.29) is 17.7 Å². The van der Waals surface area contributed by atoms with Gasteiger partial charge < -0.3 is 25.0 Å². The smallest absolute Gasteiger partial charge is 0.231 e. The van der Waals surface area contributed by atoms with E-state index in [0.717, 1.165) is 48.7 Å². The van der Waals surface area contributed by atoms with Crippen molar-refractivity contribution in [1.82, 2.24) is 20.2 Å². The Kier molecular flexibility index (Phi) is 7.98. The summed E-state index contributed by atoms with van der Waals surface area (Å²) in [4.78, 5) is 26.9. The van der Waals surface area contributed by atoms with E-state index in [9.17, 15) is 9.90 Å². The number of halogens is 2. The Morgan fingerprint density at radius 3 is 2.64 bits per heavy atom. The Labute approximate surface area is 221 Å². The van der Waals surface area contributed by atoms with Crippen LogP contribution in [-0.2, 0) is 9.53 Å². The predicted molar refractivity (Wildman–Crippen MR) is 140 cm³/mol. The normalized spacial score (nSPS) is 23.6. The van der Waals surface area contributed by atoms with Crippen LogP contribution in [0.5, 0.6) is 0 Å². The summed E-state index contributed by atoms with van der Waals surface area (Å²) in [5.41, 5.74) is 2.65. The lowest BCUT2D eigenvalue weighted by Gasteiger charge is -2.38. The number of carbonyl (C=O) groups excluding carboxylic acids is 1. The van der Waals surface area contributed by atoms with Gasteiger partial charge in [0.2, 0.25) is 5.91 Å². The number of fused-ring (bicyclic) bond motifs is 1. The summed E-state index contributed by atoms with van der Waals surface area (Å²) in [5.74, 6) is 0.830. The fourth-order valence-corrected chi connectivity index (χ4v) is 5.88. The zero-order valence-electron chi connectivity index (χ0n) is 20.5. The summed E-state index contributed by atoms with van der Waals surface area (Å²) < 4.78 is 5.47. The van der Waals surface area contributed by atoms with Crippen molar-refractivity contribution in [2.24, 2.45) is 0 Å². The summed E-state index contributed by atoms with van der Waals surface area (Å²) in [6.07, 6.45) is 3.56. The number of hydrogen-bond donors (Lipinski definition) is 2. The first-order chi connectivity index (χ1) is 17.4. The molecule has 3 heterocycles. The van der Waals surface area contributed by atoms with Crippen molar-refractivity contribution in [3.63, 3.8) is 0 Å². The molecule has 1 aromatic heterocycles. The van der Waals surface area contributed by atoms with Crippen molar-refractivity contribution >= 4 is 34.9 Å². The molecule has 194 valence electrons. The van der Waals surface area contributed by atoms with Gasteiger partial charge in [0.15, 0.2) is 0 Å². The highest BCUT2D eigenvalue weighted by Gasteiger charge is 2.35. The number of nitrogens with one attached hydrogen (secondary N) is 1. The number of aromatic nitrogens is 2. The first-order valence-corrected chi connectivity index (χ1v) is 13.5. The molecule has 2 aromatic rings. The molecule has 1 amide bonds. The Bertz CT molecular complexity index is 1090. The average molecular weight is 534 g/mol. The molecule has 2 aliphatic heterocycles. The second kappa shape index (κ2) is 11.2. The Morgan fingerprint density at radius 1 is 1.17 bits per heavy atom. The first kappa shape index (κ1) is 25.7. The van der Waals surface area contributed by atoms with Crippen molar-refractivity contribution in [3.8, 4) is 0 Å². The van der Waals surface area contributed by atoms with Gasteiger partial charge in [0, 0.05) is 57.5 Å².